The molecule has 0 bridgehead atoms. The molecule has 1 aromatic heterocycles. The van der Waals surface area contributed by atoms with Crippen LogP contribution in [0.4, 0.5) is 0 Å². The fraction of sp³-hybridized carbons (Fsp3) is 0.625. The molecule has 0 saturated heterocycles. The van der Waals surface area contributed by atoms with E-state index in [-0.39, 0.29) is 8.68 Å². The van der Waals surface area contributed by atoms with Crippen LogP contribution < -0.4 is 4.72 Å². The largest absolute Gasteiger partial charge is 0.251 e. The highest BCUT2D eigenvalue weighted by molar-refractivity contribution is 7.91. The first-order valence-corrected chi connectivity index (χ1v) is 7.28. The molecule has 2 rings (SSSR count). The molecule has 0 aromatic carbocycles. The molecule has 1 saturated carbocycles. The number of nitrogens with one attached hydrogen (secondary N) is 1. The molecule has 2 atom stereocenters. The van der Waals surface area contributed by atoms with E-state index in [1.165, 1.54) is 6.20 Å². The molecule has 0 spiro atoms. The number of halogens is 1. The molecule has 0 aliphatic heterocycles. The van der Waals surface area contributed by atoms with Gasteiger partial charge in [-0.3, -0.25) is 0 Å². The Morgan fingerprint density at radius 3 is 2.87 bits per heavy atom. The zero-order chi connectivity index (χ0) is 11.1. The molecule has 2 unspecified atom stereocenters. The van der Waals surface area contributed by atoms with Crippen LogP contribution in [-0.4, -0.2) is 19.9 Å². The highest BCUT2D eigenvalue weighted by atomic mass is 35.5. The summed E-state index contributed by atoms with van der Waals surface area (Å²) in [5.74, 6) is 1.13. The van der Waals surface area contributed by atoms with E-state index in [0.29, 0.717) is 18.4 Å². The van der Waals surface area contributed by atoms with Crippen molar-refractivity contribution in [2.45, 2.75) is 17.6 Å². The lowest BCUT2D eigenvalue weighted by atomic mass is 10.3. The maximum absolute atomic E-state index is 11.7. The summed E-state index contributed by atoms with van der Waals surface area (Å²) < 4.78 is 26.4. The molecule has 1 aromatic rings. The van der Waals surface area contributed by atoms with Crippen LogP contribution in [0.5, 0.6) is 0 Å². The number of rotatable bonds is 4. The van der Waals surface area contributed by atoms with E-state index in [9.17, 15) is 8.42 Å². The summed E-state index contributed by atoms with van der Waals surface area (Å²) in [6.07, 6.45) is 2.39. The van der Waals surface area contributed by atoms with Gasteiger partial charge in [-0.2, -0.15) is 0 Å². The Morgan fingerprint density at radius 2 is 2.40 bits per heavy atom. The van der Waals surface area contributed by atoms with Gasteiger partial charge in [0.25, 0.3) is 10.0 Å². The molecule has 4 nitrogen and oxygen atoms in total. The zero-order valence-electron chi connectivity index (χ0n) is 8.10. The Labute approximate surface area is 97.7 Å². The molecule has 84 valence electrons. The van der Waals surface area contributed by atoms with Crippen molar-refractivity contribution in [3.05, 3.63) is 10.7 Å². The van der Waals surface area contributed by atoms with Crippen LogP contribution in [0.2, 0.25) is 4.47 Å². The summed E-state index contributed by atoms with van der Waals surface area (Å²) in [5.41, 5.74) is 0. The standard InChI is InChI=1S/C8H11ClN2O2S2/c1-5-2-6(5)3-11-15(12,13)7-4-10-8(9)14-7/h4-6,11H,2-3H2,1H3. The van der Waals surface area contributed by atoms with Gasteiger partial charge < -0.3 is 0 Å². The second kappa shape index (κ2) is 4.01. The third-order valence-corrected chi connectivity index (χ3v) is 5.53. The Bertz CT molecular complexity index is 457. The van der Waals surface area contributed by atoms with Crippen molar-refractivity contribution in [1.82, 2.24) is 9.71 Å². The van der Waals surface area contributed by atoms with Gasteiger partial charge in [0.15, 0.2) is 8.68 Å². The fourth-order valence-corrected chi connectivity index (χ4v) is 3.77. The average Bonchev–Trinajstić information content (AvgIpc) is 2.66. The second-order valence-corrected chi connectivity index (χ2v) is 7.36. The number of sulfonamides is 1. The summed E-state index contributed by atoms with van der Waals surface area (Å²) in [4.78, 5) is 3.71. The Morgan fingerprint density at radius 1 is 1.73 bits per heavy atom. The van der Waals surface area contributed by atoms with Crippen LogP contribution in [0.15, 0.2) is 10.4 Å². The molecule has 15 heavy (non-hydrogen) atoms. The predicted octanol–water partition coefficient (Wildman–Crippen LogP) is 1.73. The molecule has 7 heteroatoms. The van der Waals surface area contributed by atoms with Crippen LogP contribution in [0.25, 0.3) is 0 Å². The quantitative estimate of drug-likeness (QED) is 0.903. The molecular formula is C8H11ClN2O2S2. The molecule has 1 aliphatic rings. The maximum atomic E-state index is 11.7. The minimum atomic E-state index is -3.40. The van der Waals surface area contributed by atoms with Gasteiger partial charge in [-0.25, -0.2) is 18.1 Å². The van der Waals surface area contributed by atoms with Gasteiger partial charge in [-0.15, -0.1) is 0 Å². The van der Waals surface area contributed by atoms with Gasteiger partial charge in [0.05, 0.1) is 6.20 Å². The van der Waals surface area contributed by atoms with E-state index in [1.807, 2.05) is 0 Å². The normalized spacial score (nSPS) is 25.5. The van der Waals surface area contributed by atoms with Crippen molar-refractivity contribution in [2.24, 2.45) is 11.8 Å². The molecule has 1 heterocycles. The topological polar surface area (TPSA) is 59.1 Å². The van der Waals surface area contributed by atoms with E-state index >= 15 is 0 Å². The van der Waals surface area contributed by atoms with Crippen LogP contribution in [0.3, 0.4) is 0 Å². The lowest BCUT2D eigenvalue weighted by molar-refractivity contribution is 0.576. The highest BCUT2D eigenvalue weighted by Crippen LogP contribution is 2.37. The van der Waals surface area contributed by atoms with Gasteiger partial charge in [0.1, 0.15) is 0 Å². The monoisotopic (exact) mass is 266 g/mol. The number of thiazole rings is 1. The summed E-state index contributed by atoms with van der Waals surface area (Å²) in [5, 5.41) is 0. The van der Waals surface area contributed by atoms with E-state index in [2.05, 4.69) is 16.6 Å². The van der Waals surface area contributed by atoms with Crippen molar-refractivity contribution in [2.75, 3.05) is 6.54 Å². The third-order valence-electron chi connectivity index (χ3n) is 2.53. The number of nitrogens with zero attached hydrogens (tertiary/aromatic N) is 1. The summed E-state index contributed by atoms with van der Waals surface area (Å²) in [7, 11) is -3.40. The summed E-state index contributed by atoms with van der Waals surface area (Å²) in [6.45, 7) is 2.63. The van der Waals surface area contributed by atoms with Crippen molar-refractivity contribution in [3.63, 3.8) is 0 Å². The first kappa shape index (κ1) is 11.3. The predicted molar refractivity (Wildman–Crippen MR) is 59.6 cm³/mol. The first-order chi connectivity index (χ1) is 6.99. The minimum absolute atomic E-state index is 0.181. The fourth-order valence-electron chi connectivity index (χ4n) is 1.33. The van der Waals surface area contributed by atoms with Crippen LogP contribution in [0, 0.1) is 11.8 Å². The van der Waals surface area contributed by atoms with Crippen molar-refractivity contribution in [3.8, 4) is 0 Å². The summed E-state index contributed by atoms with van der Waals surface area (Å²) in [6, 6.07) is 0. The molecule has 1 N–H and O–H groups in total. The SMILES string of the molecule is CC1CC1CNS(=O)(=O)c1cnc(Cl)s1. The molecule has 0 radical (unpaired) electrons. The van der Waals surface area contributed by atoms with E-state index in [4.69, 9.17) is 11.6 Å². The first-order valence-electron chi connectivity index (χ1n) is 4.60. The highest BCUT2D eigenvalue weighted by Gasteiger charge is 2.33. The zero-order valence-corrected chi connectivity index (χ0v) is 10.5. The molecular weight excluding hydrogens is 256 g/mol. The van der Waals surface area contributed by atoms with E-state index < -0.39 is 10.0 Å². The molecule has 1 fully saturated rings. The van der Waals surface area contributed by atoms with Gasteiger partial charge in [0.2, 0.25) is 0 Å². The average molecular weight is 267 g/mol. The Balaban J connectivity index is 2.00. The lowest BCUT2D eigenvalue weighted by Gasteiger charge is -2.02. The van der Waals surface area contributed by atoms with Crippen LogP contribution >= 0.6 is 22.9 Å². The van der Waals surface area contributed by atoms with E-state index in [1.54, 1.807) is 0 Å². The smallest absolute Gasteiger partial charge is 0.232 e. The number of hydrogen-bond donors (Lipinski definition) is 1. The maximum Gasteiger partial charge on any atom is 0.251 e. The van der Waals surface area contributed by atoms with Crippen molar-refractivity contribution < 1.29 is 8.42 Å². The van der Waals surface area contributed by atoms with Crippen molar-refractivity contribution >= 4 is 33.0 Å². The van der Waals surface area contributed by atoms with Gasteiger partial charge in [-0.1, -0.05) is 29.9 Å². The minimum Gasteiger partial charge on any atom is -0.232 e. The Hall–Kier alpha value is -0.170. The number of hydrogen-bond acceptors (Lipinski definition) is 4. The van der Waals surface area contributed by atoms with Crippen LogP contribution in [-0.2, 0) is 10.0 Å². The van der Waals surface area contributed by atoms with Gasteiger partial charge in [-0.05, 0) is 18.3 Å². The van der Waals surface area contributed by atoms with E-state index in [0.717, 1.165) is 17.8 Å². The van der Waals surface area contributed by atoms with Crippen molar-refractivity contribution in [1.29, 1.82) is 0 Å². The molecule has 1 aliphatic carbocycles. The lowest BCUT2D eigenvalue weighted by Crippen LogP contribution is -2.25. The number of aromatic nitrogens is 1. The van der Waals surface area contributed by atoms with Crippen LogP contribution in [0.1, 0.15) is 13.3 Å². The van der Waals surface area contributed by atoms with Gasteiger partial charge >= 0.3 is 0 Å². The second-order valence-electron chi connectivity index (χ2n) is 3.76. The Kier molecular flexibility index (Phi) is 3.03. The summed E-state index contributed by atoms with van der Waals surface area (Å²) >= 11 is 6.55. The van der Waals surface area contributed by atoms with Gasteiger partial charge in [0, 0.05) is 6.54 Å². The molecule has 0 amide bonds. The third kappa shape index (κ3) is 2.69.